The molecule has 246 valence electrons. The summed E-state index contributed by atoms with van der Waals surface area (Å²) in [5, 5.41) is 25.5. The third-order valence-electron chi connectivity index (χ3n) is 7.97. The summed E-state index contributed by atoms with van der Waals surface area (Å²) in [4.78, 5) is 50.5. The molecule has 2 amide bonds. The summed E-state index contributed by atoms with van der Waals surface area (Å²) in [6.45, 7) is 0. The number of carboxylic acids is 2. The van der Waals surface area contributed by atoms with Crippen molar-refractivity contribution in [3.8, 4) is 33.4 Å². The largest absolute Gasteiger partial charge is 0.478 e. The maximum atomic E-state index is 13.2. The van der Waals surface area contributed by atoms with Crippen molar-refractivity contribution in [3.05, 3.63) is 166 Å². The zero-order chi connectivity index (χ0) is 35.4. The van der Waals surface area contributed by atoms with Crippen LogP contribution >= 0.6 is 23.2 Å². The van der Waals surface area contributed by atoms with E-state index in [0.29, 0.717) is 22.3 Å². The van der Waals surface area contributed by atoms with Crippen LogP contribution < -0.4 is 10.6 Å². The lowest BCUT2D eigenvalue weighted by Crippen LogP contribution is -2.17. The monoisotopic (exact) mass is 700 g/mol. The standard InChI is InChI=1S/C40H26Cl2N2O6/c41-33-21-27(13-17-35(33)43-37(45)29-15-11-25(19-31(29)39(47)48)23-7-3-1-4-8-23)28-14-18-36(34(42)22-28)44-38(46)30-16-12-26(20-32(30)40(49)50)24-9-5-2-6-10-24/h1-22H,(H,43,45)(H,44,46)(H,47,48)(H,49,50). The molecule has 0 fully saturated rings. The molecule has 4 N–H and O–H groups in total. The van der Waals surface area contributed by atoms with Crippen molar-refractivity contribution in [1.29, 1.82) is 0 Å². The van der Waals surface area contributed by atoms with Gasteiger partial charge in [-0.1, -0.05) is 108 Å². The molecule has 0 saturated heterocycles. The molecule has 0 saturated carbocycles. The van der Waals surface area contributed by atoms with Gasteiger partial charge in [0.2, 0.25) is 0 Å². The summed E-state index contributed by atoms with van der Waals surface area (Å²) in [5.41, 5.74) is 4.44. The molecule has 0 atom stereocenters. The molecule has 0 aromatic heterocycles. The average molecular weight is 702 g/mol. The number of amides is 2. The number of halogens is 2. The highest BCUT2D eigenvalue weighted by molar-refractivity contribution is 6.35. The van der Waals surface area contributed by atoms with Crippen molar-refractivity contribution in [2.45, 2.75) is 0 Å². The van der Waals surface area contributed by atoms with Crippen molar-refractivity contribution in [2.24, 2.45) is 0 Å². The summed E-state index contributed by atoms with van der Waals surface area (Å²) in [6.07, 6.45) is 0. The molecular weight excluding hydrogens is 675 g/mol. The Morgan fingerprint density at radius 3 is 1.08 bits per heavy atom. The Bertz CT molecular complexity index is 2130. The Morgan fingerprint density at radius 1 is 0.400 bits per heavy atom. The van der Waals surface area contributed by atoms with Crippen LogP contribution in [0, 0.1) is 0 Å². The van der Waals surface area contributed by atoms with Crippen molar-refractivity contribution < 1.29 is 29.4 Å². The fourth-order valence-corrected chi connectivity index (χ4v) is 5.89. The molecule has 0 aliphatic carbocycles. The van der Waals surface area contributed by atoms with Crippen LogP contribution in [0.4, 0.5) is 11.4 Å². The van der Waals surface area contributed by atoms with E-state index in [4.69, 9.17) is 23.2 Å². The van der Waals surface area contributed by atoms with Gasteiger partial charge in [-0.25, -0.2) is 9.59 Å². The normalized spacial score (nSPS) is 10.7. The van der Waals surface area contributed by atoms with Gasteiger partial charge in [-0.15, -0.1) is 0 Å². The highest BCUT2D eigenvalue weighted by Crippen LogP contribution is 2.34. The molecule has 6 aromatic rings. The minimum absolute atomic E-state index is 0.0237. The molecule has 0 aliphatic rings. The lowest BCUT2D eigenvalue weighted by atomic mass is 9.98. The van der Waals surface area contributed by atoms with E-state index < -0.39 is 23.8 Å². The second-order valence-electron chi connectivity index (χ2n) is 11.2. The first-order chi connectivity index (χ1) is 24.1. The Hall–Kier alpha value is -6.22. The van der Waals surface area contributed by atoms with Gasteiger partial charge in [0, 0.05) is 0 Å². The zero-order valence-corrected chi connectivity index (χ0v) is 27.5. The van der Waals surface area contributed by atoms with Crippen LogP contribution in [0.25, 0.3) is 33.4 Å². The van der Waals surface area contributed by atoms with Gasteiger partial charge in [-0.3, -0.25) is 9.59 Å². The summed E-state index contributed by atoms with van der Waals surface area (Å²) in [7, 11) is 0. The minimum atomic E-state index is -1.24. The first-order valence-electron chi connectivity index (χ1n) is 15.2. The number of nitrogens with one attached hydrogen (secondary N) is 2. The Labute approximate surface area is 296 Å². The molecule has 0 unspecified atom stereocenters. The summed E-state index contributed by atoms with van der Waals surface area (Å²) >= 11 is 13.1. The maximum Gasteiger partial charge on any atom is 0.336 e. The Morgan fingerprint density at radius 2 is 0.740 bits per heavy atom. The predicted octanol–water partition coefficient (Wildman–Crippen LogP) is 9.90. The summed E-state index contributed by atoms with van der Waals surface area (Å²) in [6, 6.07) is 37.5. The van der Waals surface area contributed by atoms with Crippen LogP contribution in [0.5, 0.6) is 0 Å². The van der Waals surface area contributed by atoms with Crippen LogP contribution in [-0.4, -0.2) is 34.0 Å². The Kier molecular flexibility index (Phi) is 9.76. The number of anilines is 2. The van der Waals surface area contributed by atoms with E-state index in [1.54, 1.807) is 48.5 Å². The van der Waals surface area contributed by atoms with Crippen molar-refractivity contribution in [1.82, 2.24) is 0 Å². The molecular formula is C40H26Cl2N2O6. The van der Waals surface area contributed by atoms with Crippen LogP contribution in [0.2, 0.25) is 10.0 Å². The van der Waals surface area contributed by atoms with Gasteiger partial charge in [0.15, 0.2) is 0 Å². The number of carboxylic acid groups (broad SMARTS) is 2. The highest BCUT2D eigenvalue weighted by Gasteiger charge is 2.21. The number of hydrogen-bond donors (Lipinski definition) is 4. The van der Waals surface area contributed by atoms with Crippen LogP contribution in [0.3, 0.4) is 0 Å². The highest BCUT2D eigenvalue weighted by atomic mass is 35.5. The smallest absolute Gasteiger partial charge is 0.336 e. The van der Waals surface area contributed by atoms with Gasteiger partial charge in [-0.2, -0.15) is 0 Å². The lowest BCUT2D eigenvalue weighted by Gasteiger charge is -2.13. The number of carbonyl (C=O) groups is 4. The topological polar surface area (TPSA) is 133 Å². The van der Waals surface area contributed by atoms with Crippen LogP contribution in [0.15, 0.2) is 133 Å². The Balaban J connectivity index is 1.18. The van der Waals surface area contributed by atoms with Gasteiger partial charge in [0.1, 0.15) is 0 Å². The number of hydrogen-bond acceptors (Lipinski definition) is 4. The number of carbonyl (C=O) groups excluding carboxylic acids is 2. The van der Waals surface area contributed by atoms with E-state index in [1.807, 2.05) is 60.7 Å². The third kappa shape index (κ3) is 7.27. The first kappa shape index (κ1) is 33.7. The average Bonchev–Trinajstić information content (AvgIpc) is 3.13. The summed E-state index contributed by atoms with van der Waals surface area (Å²) < 4.78 is 0. The molecule has 0 spiro atoms. The molecule has 6 rings (SSSR count). The van der Waals surface area contributed by atoms with Crippen molar-refractivity contribution >= 4 is 58.3 Å². The zero-order valence-electron chi connectivity index (χ0n) is 26.0. The molecule has 0 bridgehead atoms. The number of rotatable bonds is 9. The van der Waals surface area contributed by atoms with Gasteiger partial charge < -0.3 is 20.8 Å². The third-order valence-corrected chi connectivity index (χ3v) is 8.60. The number of benzene rings is 6. The van der Waals surface area contributed by atoms with E-state index in [9.17, 15) is 29.4 Å². The lowest BCUT2D eigenvalue weighted by molar-refractivity contribution is 0.0683. The number of aromatic carboxylic acids is 2. The quantitative estimate of drug-likeness (QED) is 0.119. The van der Waals surface area contributed by atoms with Gasteiger partial charge >= 0.3 is 11.9 Å². The second-order valence-corrected chi connectivity index (χ2v) is 12.0. The van der Waals surface area contributed by atoms with E-state index in [2.05, 4.69) is 10.6 Å². The van der Waals surface area contributed by atoms with E-state index >= 15 is 0 Å². The molecule has 8 nitrogen and oxygen atoms in total. The van der Waals surface area contributed by atoms with Gasteiger partial charge in [0.05, 0.1) is 43.7 Å². The molecule has 0 heterocycles. The van der Waals surface area contributed by atoms with Crippen LogP contribution in [-0.2, 0) is 0 Å². The fourth-order valence-electron chi connectivity index (χ4n) is 5.43. The molecule has 0 aliphatic heterocycles. The predicted molar refractivity (Wildman–Crippen MR) is 195 cm³/mol. The molecule has 0 radical (unpaired) electrons. The molecule has 50 heavy (non-hydrogen) atoms. The second kappa shape index (κ2) is 14.5. The van der Waals surface area contributed by atoms with E-state index in [1.165, 1.54) is 24.3 Å². The molecule has 6 aromatic carbocycles. The minimum Gasteiger partial charge on any atom is -0.478 e. The molecule has 10 heteroatoms. The first-order valence-corrected chi connectivity index (χ1v) is 15.9. The van der Waals surface area contributed by atoms with Crippen molar-refractivity contribution in [3.63, 3.8) is 0 Å². The van der Waals surface area contributed by atoms with Crippen molar-refractivity contribution in [2.75, 3.05) is 10.6 Å². The SMILES string of the molecule is O=C(O)c1cc(-c2ccccc2)ccc1C(=O)Nc1ccc(-c2ccc(NC(=O)c3ccc(-c4ccccc4)cc3C(=O)O)c(Cl)c2)cc1Cl. The maximum absolute atomic E-state index is 13.2. The summed E-state index contributed by atoms with van der Waals surface area (Å²) in [5.74, 6) is -3.76. The van der Waals surface area contributed by atoms with Gasteiger partial charge in [0.25, 0.3) is 11.8 Å². The van der Waals surface area contributed by atoms with E-state index in [-0.39, 0.29) is 43.7 Å². The van der Waals surface area contributed by atoms with Crippen LogP contribution in [0.1, 0.15) is 41.4 Å². The van der Waals surface area contributed by atoms with Gasteiger partial charge in [-0.05, 0) is 81.9 Å². The fraction of sp³-hybridized carbons (Fsp3) is 0. The van der Waals surface area contributed by atoms with E-state index in [0.717, 1.165) is 11.1 Å².